The number of morpholine rings is 1. The highest BCUT2D eigenvalue weighted by Gasteiger charge is 2.19. The van der Waals surface area contributed by atoms with E-state index in [1.807, 2.05) is 24.3 Å². The lowest BCUT2D eigenvalue weighted by atomic mass is 10.1. The van der Waals surface area contributed by atoms with E-state index in [9.17, 15) is 4.79 Å². The quantitative estimate of drug-likeness (QED) is 0.822. The highest BCUT2D eigenvalue weighted by molar-refractivity contribution is 5.36. The normalized spacial score (nSPS) is 18.9. The fourth-order valence-electron chi connectivity index (χ4n) is 2.70. The van der Waals surface area contributed by atoms with Crippen LogP contribution in [0.25, 0.3) is 5.69 Å². The van der Waals surface area contributed by atoms with E-state index in [0.717, 1.165) is 25.3 Å². The van der Waals surface area contributed by atoms with Gasteiger partial charge in [0.1, 0.15) is 5.82 Å². The summed E-state index contributed by atoms with van der Waals surface area (Å²) in [6, 6.07) is 9.47. The molecule has 1 atom stereocenters. The number of nitrogen functional groups attached to an aromatic ring is 1. The molecule has 23 heavy (non-hydrogen) atoms. The van der Waals surface area contributed by atoms with Gasteiger partial charge in [0.25, 0.3) is 0 Å². The Balaban J connectivity index is 1.71. The molecule has 1 aliphatic rings. The molecule has 122 valence electrons. The third kappa shape index (κ3) is 3.76. The van der Waals surface area contributed by atoms with Crippen molar-refractivity contribution in [1.29, 1.82) is 0 Å². The molecule has 7 nitrogen and oxygen atoms in total. The minimum absolute atomic E-state index is 0.113. The van der Waals surface area contributed by atoms with E-state index in [2.05, 4.69) is 9.88 Å². The van der Waals surface area contributed by atoms with Crippen LogP contribution in [0.3, 0.4) is 0 Å². The summed E-state index contributed by atoms with van der Waals surface area (Å²) in [4.78, 5) is 17.9. The van der Waals surface area contributed by atoms with Crippen LogP contribution in [0.15, 0.2) is 41.3 Å². The molecule has 0 bridgehead atoms. The van der Waals surface area contributed by atoms with Crippen LogP contribution < -0.4 is 17.2 Å². The van der Waals surface area contributed by atoms with Crippen molar-refractivity contribution in [3.05, 3.63) is 52.6 Å². The second kappa shape index (κ2) is 6.91. The van der Waals surface area contributed by atoms with Crippen LogP contribution in [-0.4, -0.2) is 46.8 Å². The predicted octanol–water partition coefficient (Wildman–Crippen LogP) is -0.0258. The molecule has 2 heterocycles. The molecule has 0 amide bonds. The number of benzene rings is 1. The van der Waals surface area contributed by atoms with Crippen LogP contribution in [-0.2, 0) is 11.3 Å². The van der Waals surface area contributed by atoms with Gasteiger partial charge in [0.15, 0.2) is 0 Å². The van der Waals surface area contributed by atoms with Crippen molar-refractivity contribution >= 4 is 5.82 Å². The molecule has 0 spiro atoms. The highest BCUT2D eigenvalue weighted by Crippen LogP contribution is 2.13. The molecule has 1 aromatic heterocycles. The summed E-state index contributed by atoms with van der Waals surface area (Å²) in [6.07, 6.45) is 1.75. The topological polar surface area (TPSA) is 99.4 Å². The summed E-state index contributed by atoms with van der Waals surface area (Å²) < 4.78 is 7.04. The van der Waals surface area contributed by atoms with Crippen molar-refractivity contribution in [2.75, 3.05) is 32.0 Å². The molecule has 4 N–H and O–H groups in total. The van der Waals surface area contributed by atoms with Gasteiger partial charge in [0, 0.05) is 32.4 Å². The number of rotatable bonds is 4. The molecule has 2 aromatic rings. The third-order valence-electron chi connectivity index (χ3n) is 3.93. The lowest BCUT2D eigenvalue weighted by Gasteiger charge is -2.32. The molecule has 3 rings (SSSR count). The summed E-state index contributed by atoms with van der Waals surface area (Å²) in [6.45, 7) is 3.85. The Morgan fingerprint density at radius 1 is 1.26 bits per heavy atom. The summed E-state index contributed by atoms with van der Waals surface area (Å²) in [5.41, 5.74) is 12.8. The van der Waals surface area contributed by atoms with Gasteiger partial charge in [-0.3, -0.25) is 9.47 Å². The van der Waals surface area contributed by atoms with Gasteiger partial charge in [-0.25, -0.2) is 4.79 Å². The average molecular weight is 315 g/mol. The first kappa shape index (κ1) is 15.7. The van der Waals surface area contributed by atoms with Gasteiger partial charge in [-0.2, -0.15) is 4.98 Å². The van der Waals surface area contributed by atoms with Crippen molar-refractivity contribution in [1.82, 2.24) is 14.5 Å². The molecule has 7 heteroatoms. The second-order valence-electron chi connectivity index (χ2n) is 5.64. The molecule has 1 fully saturated rings. The number of aromatic nitrogens is 2. The van der Waals surface area contributed by atoms with E-state index >= 15 is 0 Å². The zero-order chi connectivity index (χ0) is 16.2. The van der Waals surface area contributed by atoms with E-state index < -0.39 is 0 Å². The van der Waals surface area contributed by atoms with Gasteiger partial charge in [-0.1, -0.05) is 12.1 Å². The van der Waals surface area contributed by atoms with Crippen LogP contribution in [0.2, 0.25) is 0 Å². The van der Waals surface area contributed by atoms with Gasteiger partial charge in [0.05, 0.1) is 18.4 Å². The van der Waals surface area contributed by atoms with Gasteiger partial charge in [-0.05, 0) is 23.8 Å². The Hall–Kier alpha value is -2.22. The van der Waals surface area contributed by atoms with Crippen LogP contribution in [0, 0.1) is 0 Å². The van der Waals surface area contributed by atoms with E-state index in [1.54, 1.807) is 12.3 Å². The zero-order valence-corrected chi connectivity index (χ0v) is 12.9. The Morgan fingerprint density at radius 3 is 2.74 bits per heavy atom. The number of hydrogen-bond acceptors (Lipinski definition) is 6. The monoisotopic (exact) mass is 315 g/mol. The molecule has 1 unspecified atom stereocenters. The van der Waals surface area contributed by atoms with Crippen molar-refractivity contribution < 1.29 is 4.74 Å². The van der Waals surface area contributed by atoms with Gasteiger partial charge in [0.2, 0.25) is 0 Å². The predicted molar refractivity (Wildman–Crippen MR) is 88.3 cm³/mol. The van der Waals surface area contributed by atoms with E-state index in [-0.39, 0.29) is 17.6 Å². The van der Waals surface area contributed by atoms with E-state index in [1.165, 1.54) is 10.1 Å². The maximum atomic E-state index is 11.8. The Bertz CT molecular complexity index is 713. The molecule has 1 saturated heterocycles. The van der Waals surface area contributed by atoms with Gasteiger partial charge >= 0.3 is 5.69 Å². The number of anilines is 1. The molecule has 1 aromatic carbocycles. The summed E-state index contributed by atoms with van der Waals surface area (Å²) in [5, 5.41) is 0. The standard InChI is InChI=1S/C16H21N5O2/c17-9-14-11-20(7-8-23-14)10-12-1-3-13(4-2-12)21-6-5-15(18)19-16(21)22/h1-6,14H,7-11,17H2,(H2,18,19,22). The summed E-state index contributed by atoms with van der Waals surface area (Å²) in [5.74, 6) is 0.227. The molecule has 1 aliphatic heterocycles. The molecule has 0 radical (unpaired) electrons. The minimum atomic E-state index is -0.378. The Morgan fingerprint density at radius 2 is 2.04 bits per heavy atom. The van der Waals surface area contributed by atoms with Crippen molar-refractivity contribution in [3.8, 4) is 5.69 Å². The van der Waals surface area contributed by atoms with Gasteiger partial charge in [-0.15, -0.1) is 0 Å². The number of hydrogen-bond donors (Lipinski definition) is 2. The average Bonchev–Trinajstić information content (AvgIpc) is 2.56. The lowest BCUT2D eigenvalue weighted by molar-refractivity contribution is -0.0260. The number of ether oxygens (including phenoxy) is 1. The first-order chi connectivity index (χ1) is 11.2. The third-order valence-corrected chi connectivity index (χ3v) is 3.93. The fourth-order valence-corrected chi connectivity index (χ4v) is 2.70. The first-order valence-electron chi connectivity index (χ1n) is 7.64. The van der Waals surface area contributed by atoms with Crippen molar-refractivity contribution in [2.24, 2.45) is 5.73 Å². The second-order valence-corrected chi connectivity index (χ2v) is 5.64. The van der Waals surface area contributed by atoms with Crippen LogP contribution >= 0.6 is 0 Å². The van der Waals surface area contributed by atoms with E-state index in [4.69, 9.17) is 16.2 Å². The molecule has 0 saturated carbocycles. The summed E-state index contributed by atoms with van der Waals surface area (Å²) in [7, 11) is 0. The van der Waals surface area contributed by atoms with Crippen LogP contribution in [0.5, 0.6) is 0 Å². The smallest absolute Gasteiger partial charge is 0.354 e. The largest absolute Gasteiger partial charge is 0.383 e. The summed E-state index contributed by atoms with van der Waals surface area (Å²) >= 11 is 0. The van der Waals surface area contributed by atoms with Crippen molar-refractivity contribution in [2.45, 2.75) is 12.6 Å². The van der Waals surface area contributed by atoms with E-state index in [0.29, 0.717) is 13.2 Å². The maximum Gasteiger partial charge on any atom is 0.354 e. The van der Waals surface area contributed by atoms with Crippen LogP contribution in [0.4, 0.5) is 5.82 Å². The maximum absolute atomic E-state index is 11.8. The Kier molecular flexibility index (Phi) is 4.71. The minimum Gasteiger partial charge on any atom is -0.383 e. The Labute approximate surface area is 134 Å². The fraction of sp³-hybridized carbons (Fsp3) is 0.375. The lowest BCUT2D eigenvalue weighted by Crippen LogP contribution is -2.45. The van der Waals surface area contributed by atoms with Crippen LogP contribution in [0.1, 0.15) is 5.56 Å². The molecular weight excluding hydrogens is 294 g/mol. The van der Waals surface area contributed by atoms with Gasteiger partial charge < -0.3 is 16.2 Å². The number of nitrogens with zero attached hydrogens (tertiary/aromatic N) is 3. The highest BCUT2D eigenvalue weighted by atomic mass is 16.5. The number of nitrogens with two attached hydrogens (primary N) is 2. The molecular formula is C16H21N5O2. The molecule has 0 aliphatic carbocycles. The zero-order valence-electron chi connectivity index (χ0n) is 12.9. The SMILES string of the molecule is NCC1CN(Cc2ccc(-n3ccc(N)nc3=O)cc2)CCO1. The first-order valence-corrected chi connectivity index (χ1v) is 7.64. The van der Waals surface area contributed by atoms with Crippen molar-refractivity contribution in [3.63, 3.8) is 0 Å².